The second-order valence-electron chi connectivity index (χ2n) is 5.61. The van der Waals surface area contributed by atoms with Crippen molar-refractivity contribution in [2.45, 2.75) is 33.2 Å². The van der Waals surface area contributed by atoms with E-state index in [1.54, 1.807) is 7.11 Å². The Hall–Kier alpha value is -0.900. The number of methoxy groups -OCH3 is 1. The lowest BCUT2D eigenvalue weighted by molar-refractivity contribution is 0.155. The minimum atomic E-state index is 0.385. The van der Waals surface area contributed by atoms with Gasteiger partial charge in [-0.25, -0.2) is 0 Å². The number of rotatable bonds is 9. The van der Waals surface area contributed by atoms with Crippen molar-refractivity contribution in [3.8, 4) is 0 Å². The van der Waals surface area contributed by atoms with Gasteiger partial charge in [-0.15, -0.1) is 0 Å². The molecule has 0 aliphatic rings. The molecule has 0 aromatic heterocycles. The summed E-state index contributed by atoms with van der Waals surface area (Å²) in [5.41, 5.74) is 4.10. The quantitative estimate of drug-likeness (QED) is 0.751. The molecule has 0 saturated carbocycles. The number of hydrogen-bond donors (Lipinski definition) is 1. The minimum absolute atomic E-state index is 0.385. The van der Waals surface area contributed by atoms with E-state index in [1.807, 2.05) is 0 Å². The Morgan fingerprint density at radius 1 is 1.25 bits per heavy atom. The number of aryl methyl sites for hydroxylation is 2. The van der Waals surface area contributed by atoms with Crippen LogP contribution in [-0.2, 0) is 4.74 Å². The molecule has 0 saturated heterocycles. The zero-order valence-corrected chi connectivity index (χ0v) is 13.7. The summed E-state index contributed by atoms with van der Waals surface area (Å²) in [6.45, 7) is 10.4. The fourth-order valence-corrected chi connectivity index (χ4v) is 2.24. The van der Waals surface area contributed by atoms with E-state index >= 15 is 0 Å². The molecule has 0 radical (unpaired) electrons. The molecule has 3 nitrogen and oxygen atoms in total. The van der Waals surface area contributed by atoms with Crippen LogP contribution in [0.15, 0.2) is 18.2 Å². The summed E-state index contributed by atoms with van der Waals surface area (Å²) in [5, 5.41) is 3.66. The van der Waals surface area contributed by atoms with Gasteiger partial charge in [-0.1, -0.05) is 25.1 Å². The molecule has 0 spiro atoms. The van der Waals surface area contributed by atoms with Crippen molar-refractivity contribution in [3.63, 3.8) is 0 Å². The molecular weight excluding hydrogens is 248 g/mol. The smallest absolute Gasteiger partial charge is 0.0589 e. The molecule has 1 rings (SSSR count). The van der Waals surface area contributed by atoms with Crippen LogP contribution in [0.5, 0.6) is 0 Å². The van der Waals surface area contributed by atoms with E-state index in [4.69, 9.17) is 4.74 Å². The molecule has 1 aromatic rings. The van der Waals surface area contributed by atoms with E-state index in [1.165, 1.54) is 16.7 Å². The van der Waals surface area contributed by atoms with E-state index in [9.17, 15) is 0 Å². The van der Waals surface area contributed by atoms with E-state index < -0.39 is 0 Å². The number of benzene rings is 1. The van der Waals surface area contributed by atoms with Gasteiger partial charge in [0.2, 0.25) is 0 Å². The lowest BCUT2D eigenvalue weighted by atomic mass is 10.0. The number of nitrogens with zero attached hydrogens (tertiary/aromatic N) is 1. The third kappa shape index (κ3) is 5.61. The lowest BCUT2D eigenvalue weighted by Gasteiger charge is -2.26. The summed E-state index contributed by atoms with van der Waals surface area (Å²) >= 11 is 0. The molecule has 1 N–H and O–H groups in total. The van der Waals surface area contributed by atoms with Crippen LogP contribution < -0.4 is 5.32 Å². The van der Waals surface area contributed by atoms with Gasteiger partial charge < -0.3 is 15.0 Å². The van der Waals surface area contributed by atoms with Crippen molar-refractivity contribution in [2.75, 3.05) is 40.4 Å². The maximum Gasteiger partial charge on any atom is 0.0589 e. The zero-order valence-electron chi connectivity index (χ0n) is 13.7. The van der Waals surface area contributed by atoms with Crippen LogP contribution in [-0.4, -0.2) is 45.3 Å². The van der Waals surface area contributed by atoms with Gasteiger partial charge in [0.05, 0.1) is 6.61 Å². The fourth-order valence-electron chi connectivity index (χ4n) is 2.24. The van der Waals surface area contributed by atoms with Crippen LogP contribution >= 0.6 is 0 Å². The van der Waals surface area contributed by atoms with Crippen molar-refractivity contribution >= 4 is 0 Å². The monoisotopic (exact) mass is 278 g/mol. The van der Waals surface area contributed by atoms with Gasteiger partial charge in [-0.2, -0.15) is 0 Å². The molecular formula is C17H30N2O. The Bertz CT molecular complexity index is 393. The molecule has 1 atom stereocenters. The summed E-state index contributed by atoms with van der Waals surface area (Å²) in [6, 6.07) is 7.17. The second kappa shape index (κ2) is 9.11. The number of nitrogens with one attached hydrogen (secondary N) is 1. The topological polar surface area (TPSA) is 24.5 Å². The van der Waals surface area contributed by atoms with Gasteiger partial charge in [-0.05, 0) is 50.6 Å². The Morgan fingerprint density at radius 2 is 2.00 bits per heavy atom. The van der Waals surface area contributed by atoms with Crippen molar-refractivity contribution in [2.24, 2.45) is 0 Å². The Balaban J connectivity index is 2.74. The summed E-state index contributed by atoms with van der Waals surface area (Å²) in [6.07, 6.45) is 1.16. The molecule has 20 heavy (non-hydrogen) atoms. The van der Waals surface area contributed by atoms with Crippen LogP contribution in [0.3, 0.4) is 0 Å². The van der Waals surface area contributed by atoms with Crippen LogP contribution in [0.25, 0.3) is 0 Å². The van der Waals surface area contributed by atoms with E-state index in [-0.39, 0.29) is 0 Å². The summed E-state index contributed by atoms with van der Waals surface area (Å²) in [7, 11) is 3.91. The first-order valence-electron chi connectivity index (χ1n) is 7.56. The van der Waals surface area contributed by atoms with E-state index in [2.05, 4.69) is 56.2 Å². The van der Waals surface area contributed by atoms with Gasteiger partial charge in [0, 0.05) is 26.2 Å². The van der Waals surface area contributed by atoms with Crippen LogP contribution in [0.1, 0.15) is 36.1 Å². The fraction of sp³-hybridized carbons (Fsp3) is 0.647. The summed E-state index contributed by atoms with van der Waals surface area (Å²) in [5.74, 6) is 0. The Morgan fingerprint density at radius 3 is 2.60 bits per heavy atom. The van der Waals surface area contributed by atoms with Crippen LogP contribution in [0.2, 0.25) is 0 Å². The van der Waals surface area contributed by atoms with Crippen LogP contribution in [0.4, 0.5) is 0 Å². The third-order valence-corrected chi connectivity index (χ3v) is 3.75. The van der Waals surface area contributed by atoms with Gasteiger partial charge in [0.1, 0.15) is 0 Å². The predicted molar refractivity (Wildman–Crippen MR) is 86.3 cm³/mol. The van der Waals surface area contributed by atoms with E-state index in [0.29, 0.717) is 6.04 Å². The minimum Gasteiger partial charge on any atom is -0.383 e. The molecule has 114 valence electrons. The average molecular weight is 278 g/mol. The van der Waals surface area contributed by atoms with Gasteiger partial charge in [0.15, 0.2) is 0 Å². The van der Waals surface area contributed by atoms with Crippen LogP contribution in [0, 0.1) is 13.8 Å². The molecule has 1 aromatic carbocycles. The number of ether oxygens (including phenoxy) is 1. The van der Waals surface area contributed by atoms with Crippen molar-refractivity contribution in [1.29, 1.82) is 0 Å². The molecule has 0 aliphatic heterocycles. The first-order valence-corrected chi connectivity index (χ1v) is 7.56. The van der Waals surface area contributed by atoms with Crippen molar-refractivity contribution in [3.05, 3.63) is 34.9 Å². The highest BCUT2D eigenvalue weighted by molar-refractivity contribution is 5.31. The second-order valence-corrected chi connectivity index (χ2v) is 5.61. The standard InChI is InChI=1S/C17H30N2O/c1-6-9-18-17(13-19(4)10-11-20-5)16-8-7-14(2)15(3)12-16/h7-8,12,17-18H,6,9-11,13H2,1-5H3. The highest BCUT2D eigenvalue weighted by Gasteiger charge is 2.13. The SMILES string of the molecule is CCCNC(CN(C)CCOC)c1ccc(C)c(C)c1. The largest absolute Gasteiger partial charge is 0.383 e. The van der Waals surface area contributed by atoms with Crippen molar-refractivity contribution < 1.29 is 4.74 Å². The number of likely N-dealkylation sites (N-methyl/N-ethyl adjacent to an activating group) is 1. The summed E-state index contributed by atoms with van der Waals surface area (Å²) in [4.78, 5) is 2.33. The average Bonchev–Trinajstić information content (AvgIpc) is 2.44. The maximum atomic E-state index is 5.15. The van der Waals surface area contributed by atoms with E-state index in [0.717, 1.165) is 32.7 Å². The van der Waals surface area contributed by atoms with Gasteiger partial charge in [-0.3, -0.25) is 0 Å². The lowest BCUT2D eigenvalue weighted by Crippen LogP contribution is -2.35. The normalized spacial score (nSPS) is 12.9. The Labute approximate surface area is 124 Å². The molecule has 0 fully saturated rings. The molecule has 1 unspecified atom stereocenters. The molecule has 3 heteroatoms. The Kier molecular flexibility index (Phi) is 7.82. The van der Waals surface area contributed by atoms with Crippen molar-refractivity contribution in [1.82, 2.24) is 10.2 Å². The summed E-state index contributed by atoms with van der Waals surface area (Å²) < 4.78 is 5.15. The first kappa shape index (κ1) is 17.2. The molecule has 0 amide bonds. The van der Waals surface area contributed by atoms with Gasteiger partial charge in [0.25, 0.3) is 0 Å². The molecule has 0 heterocycles. The molecule has 0 aliphatic carbocycles. The maximum absolute atomic E-state index is 5.15. The highest BCUT2D eigenvalue weighted by Crippen LogP contribution is 2.18. The predicted octanol–water partition coefficient (Wildman–Crippen LogP) is 2.92. The highest BCUT2D eigenvalue weighted by atomic mass is 16.5. The van der Waals surface area contributed by atoms with Gasteiger partial charge >= 0.3 is 0 Å². The zero-order chi connectivity index (χ0) is 15.0. The third-order valence-electron chi connectivity index (χ3n) is 3.75. The molecule has 0 bridgehead atoms. The number of hydrogen-bond acceptors (Lipinski definition) is 3. The first-order chi connectivity index (χ1) is 9.58.